The van der Waals surface area contributed by atoms with E-state index in [2.05, 4.69) is 5.32 Å². The van der Waals surface area contributed by atoms with Crippen molar-refractivity contribution in [1.82, 2.24) is 0 Å². The number of benzene rings is 2. The molecule has 1 saturated heterocycles. The number of nitrogens with zero attached hydrogens (tertiary/aromatic N) is 2. The zero-order valence-electron chi connectivity index (χ0n) is 15.5. The number of phenols is 1. The van der Waals surface area contributed by atoms with Crippen LogP contribution in [0.1, 0.15) is 17.5 Å². The minimum absolute atomic E-state index is 0.141. The van der Waals surface area contributed by atoms with Gasteiger partial charge < -0.3 is 10.4 Å². The van der Waals surface area contributed by atoms with E-state index in [0.29, 0.717) is 5.69 Å². The standard InChI is InChI=1S/C19H17N3O6S/c1-10-3-4-11(2)14(7-10)21-18(25)16(29-19(21)26)9-17(24)20-13-8-12(22(27)28)5-6-15(13)23/h3-8,16,23H,9H2,1-2H3,(H,20,24). The van der Waals surface area contributed by atoms with Gasteiger partial charge in [0.15, 0.2) is 0 Å². The van der Waals surface area contributed by atoms with Gasteiger partial charge in [-0.3, -0.25) is 24.5 Å². The van der Waals surface area contributed by atoms with Crippen LogP contribution in [0.5, 0.6) is 5.75 Å². The topological polar surface area (TPSA) is 130 Å². The third-order valence-corrected chi connectivity index (χ3v) is 5.40. The summed E-state index contributed by atoms with van der Waals surface area (Å²) in [6.07, 6.45) is -0.321. The fourth-order valence-electron chi connectivity index (χ4n) is 2.87. The highest BCUT2D eigenvalue weighted by atomic mass is 32.2. The number of phenolic OH excluding ortho intramolecular Hbond substituents is 1. The Morgan fingerprint density at radius 1 is 1.24 bits per heavy atom. The molecule has 9 nitrogen and oxygen atoms in total. The number of nitro groups is 1. The van der Waals surface area contributed by atoms with Gasteiger partial charge in [-0.05, 0) is 48.9 Å². The molecule has 2 aromatic rings. The van der Waals surface area contributed by atoms with Gasteiger partial charge in [-0.25, -0.2) is 4.90 Å². The highest BCUT2D eigenvalue weighted by Crippen LogP contribution is 2.36. The van der Waals surface area contributed by atoms with Crippen LogP contribution in [0.15, 0.2) is 36.4 Å². The molecule has 2 N–H and O–H groups in total. The largest absolute Gasteiger partial charge is 0.506 e. The second-order valence-corrected chi connectivity index (χ2v) is 7.70. The van der Waals surface area contributed by atoms with E-state index < -0.39 is 27.2 Å². The minimum atomic E-state index is -0.928. The van der Waals surface area contributed by atoms with E-state index in [0.717, 1.165) is 46.0 Å². The number of thioether (sulfide) groups is 1. The van der Waals surface area contributed by atoms with Crippen molar-refractivity contribution in [3.8, 4) is 5.75 Å². The second-order valence-electron chi connectivity index (χ2n) is 6.55. The summed E-state index contributed by atoms with van der Waals surface area (Å²) in [5.74, 6) is -1.50. The lowest BCUT2D eigenvalue weighted by atomic mass is 10.1. The summed E-state index contributed by atoms with van der Waals surface area (Å²) in [6.45, 7) is 3.63. The number of carbonyl (C=O) groups excluding carboxylic acids is 3. The summed E-state index contributed by atoms with van der Waals surface area (Å²) >= 11 is 0.748. The summed E-state index contributed by atoms with van der Waals surface area (Å²) in [7, 11) is 0. The monoisotopic (exact) mass is 415 g/mol. The number of hydrogen-bond donors (Lipinski definition) is 2. The molecule has 1 heterocycles. The second kappa shape index (κ2) is 7.92. The molecule has 0 radical (unpaired) electrons. The number of nitro benzene ring substituents is 1. The number of anilines is 2. The molecule has 0 aromatic heterocycles. The van der Waals surface area contributed by atoms with Gasteiger partial charge in [0.25, 0.3) is 10.9 Å². The van der Waals surface area contributed by atoms with Crippen LogP contribution < -0.4 is 10.2 Å². The van der Waals surface area contributed by atoms with Crippen molar-refractivity contribution in [3.05, 3.63) is 57.6 Å². The van der Waals surface area contributed by atoms with Crippen molar-refractivity contribution in [3.63, 3.8) is 0 Å². The van der Waals surface area contributed by atoms with Crippen molar-refractivity contribution in [1.29, 1.82) is 0 Å². The molecule has 1 unspecified atom stereocenters. The Balaban J connectivity index is 1.74. The maximum Gasteiger partial charge on any atom is 0.293 e. The lowest BCUT2D eigenvalue weighted by Gasteiger charge is -2.17. The minimum Gasteiger partial charge on any atom is -0.506 e. The lowest BCUT2D eigenvalue weighted by Crippen LogP contribution is -2.33. The molecule has 10 heteroatoms. The van der Waals surface area contributed by atoms with Gasteiger partial charge in [0.05, 0.1) is 16.3 Å². The maximum atomic E-state index is 12.7. The van der Waals surface area contributed by atoms with Gasteiger partial charge in [0, 0.05) is 18.6 Å². The molecule has 1 atom stereocenters. The van der Waals surface area contributed by atoms with E-state index in [4.69, 9.17) is 0 Å². The van der Waals surface area contributed by atoms with Gasteiger partial charge in [-0.2, -0.15) is 0 Å². The Hall–Kier alpha value is -3.40. The summed E-state index contributed by atoms with van der Waals surface area (Å²) < 4.78 is 0. The van der Waals surface area contributed by atoms with Gasteiger partial charge in [-0.1, -0.05) is 12.1 Å². The molecule has 0 saturated carbocycles. The summed E-state index contributed by atoms with van der Waals surface area (Å²) in [5, 5.41) is 21.6. The molecule has 0 bridgehead atoms. The van der Waals surface area contributed by atoms with Gasteiger partial charge >= 0.3 is 0 Å². The van der Waals surface area contributed by atoms with Crippen LogP contribution in [-0.2, 0) is 9.59 Å². The van der Waals surface area contributed by atoms with Crippen LogP contribution in [0.4, 0.5) is 21.9 Å². The summed E-state index contributed by atoms with van der Waals surface area (Å²) in [4.78, 5) is 48.7. The van der Waals surface area contributed by atoms with Crippen LogP contribution in [0.2, 0.25) is 0 Å². The molecule has 1 aliphatic heterocycles. The summed E-state index contributed by atoms with van der Waals surface area (Å²) in [5.41, 5.74) is 1.67. The average Bonchev–Trinajstić information content (AvgIpc) is 2.92. The predicted molar refractivity (Wildman–Crippen MR) is 108 cm³/mol. The number of hydrogen-bond acceptors (Lipinski definition) is 7. The first kappa shape index (κ1) is 20.3. The van der Waals surface area contributed by atoms with Crippen LogP contribution in [0.3, 0.4) is 0 Å². The number of aromatic hydroxyl groups is 1. The number of carbonyl (C=O) groups is 3. The highest BCUT2D eigenvalue weighted by Gasteiger charge is 2.42. The van der Waals surface area contributed by atoms with E-state index in [1.54, 1.807) is 19.1 Å². The van der Waals surface area contributed by atoms with E-state index in [1.165, 1.54) is 0 Å². The number of aryl methyl sites for hydroxylation is 2. The molecule has 3 rings (SSSR count). The number of imide groups is 1. The van der Waals surface area contributed by atoms with Gasteiger partial charge in [0.1, 0.15) is 11.0 Å². The van der Waals surface area contributed by atoms with Crippen LogP contribution >= 0.6 is 11.8 Å². The first-order valence-corrected chi connectivity index (χ1v) is 9.44. The van der Waals surface area contributed by atoms with E-state index in [1.807, 2.05) is 13.0 Å². The number of rotatable bonds is 5. The van der Waals surface area contributed by atoms with Gasteiger partial charge in [-0.15, -0.1) is 0 Å². The third-order valence-electron chi connectivity index (χ3n) is 4.36. The average molecular weight is 415 g/mol. The molecule has 2 aromatic carbocycles. The first-order chi connectivity index (χ1) is 13.7. The van der Waals surface area contributed by atoms with Crippen molar-refractivity contribution in [2.45, 2.75) is 25.5 Å². The lowest BCUT2D eigenvalue weighted by molar-refractivity contribution is -0.384. The highest BCUT2D eigenvalue weighted by molar-refractivity contribution is 8.15. The Labute approximate surface area is 169 Å². The Kier molecular flexibility index (Phi) is 5.55. The summed E-state index contributed by atoms with van der Waals surface area (Å²) in [6, 6.07) is 8.62. The fraction of sp³-hybridized carbons (Fsp3) is 0.211. The molecule has 29 heavy (non-hydrogen) atoms. The molecule has 3 amide bonds. The first-order valence-electron chi connectivity index (χ1n) is 8.56. The fourth-order valence-corrected chi connectivity index (χ4v) is 3.85. The molecule has 1 aliphatic rings. The van der Waals surface area contributed by atoms with Crippen LogP contribution in [-0.4, -0.2) is 32.3 Å². The smallest absolute Gasteiger partial charge is 0.293 e. The Morgan fingerprint density at radius 3 is 2.66 bits per heavy atom. The number of non-ortho nitro benzene ring substituents is 1. The zero-order valence-corrected chi connectivity index (χ0v) is 16.4. The van der Waals surface area contributed by atoms with Crippen molar-refractivity contribution in [2.24, 2.45) is 0 Å². The molecular formula is C19H17N3O6S. The SMILES string of the molecule is Cc1ccc(C)c(N2C(=O)SC(CC(=O)Nc3cc([N+](=O)[O-])ccc3O)C2=O)c1. The van der Waals surface area contributed by atoms with Crippen LogP contribution in [0, 0.1) is 24.0 Å². The number of amides is 3. The van der Waals surface area contributed by atoms with Gasteiger partial charge in [0.2, 0.25) is 11.8 Å². The van der Waals surface area contributed by atoms with Crippen molar-refractivity contribution < 1.29 is 24.4 Å². The molecule has 1 fully saturated rings. The quantitative estimate of drug-likeness (QED) is 0.434. The van der Waals surface area contributed by atoms with Crippen molar-refractivity contribution in [2.75, 3.05) is 10.2 Å². The molecular weight excluding hydrogens is 398 g/mol. The molecule has 0 spiro atoms. The Bertz CT molecular complexity index is 1040. The third kappa shape index (κ3) is 4.21. The normalized spacial score (nSPS) is 16.2. The number of nitrogens with one attached hydrogen (secondary N) is 1. The maximum absolute atomic E-state index is 12.7. The predicted octanol–water partition coefficient (Wildman–Crippen LogP) is 3.51. The van der Waals surface area contributed by atoms with E-state index in [9.17, 15) is 29.6 Å². The van der Waals surface area contributed by atoms with Crippen LogP contribution in [0.25, 0.3) is 0 Å². The van der Waals surface area contributed by atoms with E-state index >= 15 is 0 Å². The molecule has 150 valence electrons. The zero-order chi connectivity index (χ0) is 21.3. The van der Waals surface area contributed by atoms with Crippen molar-refractivity contribution >= 4 is 45.9 Å². The van der Waals surface area contributed by atoms with E-state index in [-0.39, 0.29) is 23.5 Å². The Morgan fingerprint density at radius 2 is 1.97 bits per heavy atom. The molecule has 0 aliphatic carbocycles.